The summed E-state index contributed by atoms with van der Waals surface area (Å²) in [6.07, 6.45) is 1.66. The Kier molecular flexibility index (Phi) is 5.10. The van der Waals surface area contributed by atoms with Gasteiger partial charge in [-0.2, -0.15) is 0 Å². The maximum Gasteiger partial charge on any atom is 0.239 e. The number of carbonyl (C=O) groups is 1. The number of aromatic nitrogens is 1. The van der Waals surface area contributed by atoms with Gasteiger partial charge in [0.1, 0.15) is 5.82 Å². The molecule has 1 fully saturated rings. The minimum absolute atomic E-state index is 0.0325. The molecule has 1 aliphatic rings. The average Bonchev–Trinajstić information content (AvgIpc) is 2.57. The molecule has 3 rings (SSSR count). The lowest BCUT2D eigenvalue weighted by Gasteiger charge is -2.36. The molecule has 2 aromatic rings. The van der Waals surface area contributed by atoms with Gasteiger partial charge in [0.15, 0.2) is 0 Å². The molecule has 23 heavy (non-hydrogen) atoms. The van der Waals surface area contributed by atoms with Crippen LogP contribution >= 0.6 is 11.6 Å². The molecule has 1 amide bonds. The van der Waals surface area contributed by atoms with Crippen LogP contribution < -0.4 is 10.2 Å². The SMILES string of the molecule is O=C(CN1CCN(c2ccccc2Cl)CC1)Nc1ccccn1. The molecule has 2 heterocycles. The first kappa shape index (κ1) is 15.8. The molecule has 0 bridgehead atoms. The van der Waals surface area contributed by atoms with Gasteiger partial charge in [-0.05, 0) is 24.3 Å². The molecule has 1 aliphatic heterocycles. The highest BCUT2D eigenvalue weighted by Crippen LogP contribution is 2.25. The molecule has 0 radical (unpaired) electrons. The Labute approximate surface area is 140 Å². The first-order valence-corrected chi connectivity index (χ1v) is 8.03. The maximum absolute atomic E-state index is 12.1. The number of hydrogen-bond donors (Lipinski definition) is 1. The molecule has 1 N–H and O–H groups in total. The van der Waals surface area contributed by atoms with Crippen LogP contribution in [0.2, 0.25) is 5.02 Å². The van der Waals surface area contributed by atoms with Crippen molar-refractivity contribution in [3.8, 4) is 0 Å². The van der Waals surface area contributed by atoms with E-state index in [9.17, 15) is 4.79 Å². The zero-order valence-corrected chi connectivity index (χ0v) is 13.5. The molecule has 1 saturated heterocycles. The molecular weight excluding hydrogens is 312 g/mol. The van der Waals surface area contributed by atoms with Crippen molar-refractivity contribution in [2.24, 2.45) is 0 Å². The van der Waals surface area contributed by atoms with E-state index in [-0.39, 0.29) is 5.91 Å². The smallest absolute Gasteiger partial charge is 0.239 e. The van der Waals surface area contributed by atoms with E-state index in [1.807, 2.05) is 36.4 Å². The Hall–Kier alpha value is -2.11. The summed E-state index contributed by atoms with van der Waals surface area (Å²) in [5.41, 5.74) is 1.06. The highest BCUT2D eigenvalue weighted by atomic mass is 35.5. The van der Waals surface area contributed by atoms with Crippen LogP contribution in [0.15, 0.2) is 48.7 Å². The number of para-hydroxylation sites is 1. The quantitative estimate of drug-likeness (QED) is 0.935. The Balaban J connectivity index is 1.49. The van der Waals surface area contributed by atoms with Gasteiger partial charge in [0, 0.05) is 32.4 Å². The fourth-order valence-corrected chi connectivity index (χ4v) is 2.93. The van der Waals surface area contributed by atoms with E-state index >= 15 is 0 Å². The predicted molar refractivity (Wildman–Crippen MR) is 93.0 cm³/mol. The lowest BCUT2D eigenvalue weighted by atomic mass is 10.2. The molecule has 0 saturated carbocycles. The number of pyridine rings is 1. The van der Waals surface area contributed by atoms with Gasteiger partial charge < -0.3 is 10.2 Å². The number of piperazine rings is 1. The second-order valence-electron chi connectivity index (χ2n) is 5.48. The van der Waals surface area contributed by atoms with E-state index in [2.05, 4.69) is 20.1 Å². The average molecular weight is 331 g/mol. The van der Waals surface area contributed by atoms with Crippen LogP contribution in [-0.4, -0.2) is 48.5 Å². The largest absolute Gasteiger partial charge is 0.368 e. The molecule has 1 aromatic carbocycles. The number of benzene rings is 1. The lowest BCUT2D eigenvalue weighted by molar-refractivity contribution is -0.117. The molecule has 0 spiro atoms. The van der Waals surface area contributed by atoms with E-state index in [1.54, 1.807) is 12.3 Å². The van der Waals surface area contributed by atoms with E-state index in [1.165, 1.54) is 0 Å². The van der Waals surface area contributed by atoms with Crippen LogP contribution in [0.3, 0.4) is 0 Å². The van der Waals surface area contributed by atoms with Gasteiger partial charge in [0.25, 0.3) is 0 Å². The van der Waals surface area contributed by atoms with Crippen molar-refractivity contribution in [2.45, 2.75) is 0 Å². The Morgan fingerprint density at radius 3 is 2.52 bits per heavy atom. The molecule has 5 nitrogen and oxygen atoms in total. The van der Waals surface area contributed by atoms with E-state index in [0.29, 0.717) is 12.4 Å². The third kappa shape index (κ3) is 4.21. The number of hydrogen-bond acceptors (Lipinski definition) is 4. The van der Waals surface area contributed by atoms with Gasteiger partial charge in [-0.1, -0.05) is 29.8 Å². The summed E-state index contributed by atoms with van der Waals surface area (Å²) in [5.74, 6) is 0.557. The Bertz CT molecular complexity index is 657. The molecule has 1 aromatic heterocycles. The zero-order valence-electron chi connectivity index (χ0n) is 12.8. The van der Waals surface area contributed by atoms with Gasteiger partial charge in [-0.15, -0.1) is 0 Å². The Morgan fingerprint density at radius 2 is 1.83 bits per heavy atom. The first-order valence-electron chi connectivity index (χ1n) is 7.65. The van der Waals surface area contributed by atoms with E-state index in [0.717, 1.165) is 36.9 Å². The molecule has 6 heteroatoms. The van der Waals surface area contributed by atoms with Crippen molar-refractivity contribution < 1.29 is 4.79 Å². The number of nitrogens with zero attached hydrogens (tertiary/aromatic N) is 3. The fraction of sp³-hybridized carbons (Fsp3) is 0.294. The summed E-state index contributed by atoms with van der Waals surface area (Å²) < 4.78 is 0. The van der Waals surface area contributed by atoms with Crippen molar-refractivity contribution in [3.05, 3.63) is 53.7 Å². The van der Waals surface area contributed by atoms with Gasteiger partial charge in [-0.3, -0.25) is 9.69 Å². The van der Waals surface area contributed by atoms with Crippen LogP contribution in [0.4, 0.5) is 11.5 Å². The molecule has 0 unspecified atom stereocenters. The predicted octanol–water partition coefficient (Wildman–Crippen LogP) is 2.50. The summed E-state index contributed by atoms with van der Waals surface area (Å²) in [6.45, 7) is 3.77. The lowest BCUT2D eigenvalue weighted by Crippen LogP contribution is -2.48. The summed E-state index contributed by atoms with van der Waals surface area (Å²) in [6, 6.07) is 13.3. The second-order valence-corrected chi connectivity index (χ2v) is 5.88. The molecule has 0 atom stereocenters. The number of amides is 1. The van der Waals surface area contributed by atoms with Crippen molar-refractivity contribution in [2.75, 3.05) is 42.9 Å². The maximum atomic E-state index is 12.1. The van der Waals surface area contributed by atoms with Crippen LogP contribution in [0.5, 0.6) is 0 Å². The standard InChI is InChI=1S/C17H19ClN4O/c18-14-5-1-2-6-15(14)22-11-9-21(10-12-22)13-17(23)20-16-7-3-4-8-19-16/h1-8H,9-13H2,(H,19,20,23). The minimum Gasteiger partial charge on any atom is -0.368 e. The topological polar surface area (TPSA) is 48.5 Å². The second kappa shape index (κ2) is 7.44. The number of nitrogens with one attached hydrogen (secondary N) is 1. The highest BCUT2D eigenvalue weighted by molar-refractivity contribution is 6.33. The van der Waals surface area contributed by atoms with Crippen LogP contribution in [0.25, 0.3) is 0 Å². The van der Waals surface area contributed by atoms with E-state index in [4.69, 9.17) is 11.6 Å². The number of rotatable bonds is 4. The number of anilines is 2. The van der Waals surface area contributed by atoms with Gasteiger partial charge in [0.2, 0.25) is 5.91 Å². The summed E-state index contributed by atoms with van der Waals surface area (Å²) >= 11 is 6.24. The van der Waals surface area contributed by atoms with Gasteiger partial charge in [0.05, 0.1) is 17.3 Å². The normalized spacial score (nSPS) is 15.4. The molecule has 120 valence electrons. The third-order valence-corrected chi connectivity index (χ3v) is 4.18. The van der Waals surface area contributed by atoms with Crippen molar-refractivity contribution in [1.29, 1.82) is 0 Å². The first-order chi connectivity index (χ1) is 11.2. The fourth-order valence-electron chi connectivity index (χ4n) is 2.68. The number of carbonyl (C=O) groups excluding carboxylic acids is 1. The summed E-state index contributed by atoms with van der Waals surface area (Å²) in [7, 11) is 0. The third-order valence-electron chi connectivity index (χ3n) is 3.87. The zero-order chi connectivity index (χ0) is 16.1. The number of halogens is 1. The van der Waals surface area contributed by atoms with Crippen molar-refractivity contribution >= 4 is 29.0 Å². The monoisotopic (exact) mass is 330 g/mol. The van der Waals surface area contributed by atoms with Gasteiger partial charge >= 0.3 is 0 Å². The van der Waals surface area contributed by atoms with Gasteiger partial charge in [-0.25, -0.2) is 4.98 Å². The highest BCUT2D eigenvalue weighted by Gasteiger charge is 2.20. The minimum atomic E-state index is -0.0325. The van der Waals surface area contributed by atoms with Crippen molar-refractivity contribution in [1.82, 2.24) is 9.88 Å². The summed E-state index contributed by atoms with van der Waals surface area (Å²) in [5, 5.41) is 3.59. The van der Waals surface area contributed by atoms with Crippen LogP contribution in [0, 0.1) is 0 Å². The molecular formula is C17H19ClN4O. The van der Waals surface area contributed by atoms with Crippen LogP contribution in [0.1, 0.15) is 0 Å². The van der Waals surface area contributed by atoms with E-state index < -0.39 is 0 Å². The Morgan fingerprint density at radius 1 is 1.09 bits per heavy atom. The summed E-state index contributed by atoms with van der Waals surface area (Å²) in [4.78, 5) is 20.6. The molecule has 0 aliphatic carbocycles. The van der Waals surface area contributed by atoms with Crippen molar-refractivity contribution in [3.63, 3.8) is 0 Å². The van der Waals surface area contributed by atoms with Crippen LogP contribution in [-0.2, 0) is 4.79 Å².